The van der Waals surface area contributed by atoms with Crippen molar-refractivity contribution in [1.29, 1.82) is 0 Å². The molecular formula is C18H23ClFN3O2. The molecule has 25 heavy (non-hydrogen) atoms. The fourth-order valence-electron chi connectivity index (χ4n) is 3.71. The van der Waals surface area contributed by atoms with Crippen molar-refractivity contribution in [2.45, 2.75) is 18.9 Å². The van der Waals surface area contributed by atoms with E-state index < -0.39 is 5.82 Å². The second-order valence-corrected chi connectivity index (χ2v) is 7.57. The van der Waals surface area contributed by atoms with E-state index >= 15 is 0 Å². The number of piperidine rings is 1. The molecule has 7 heteroatoms. The van der Waals surface area contributed by atoms with Crippen LogP contribution in [-0.4, -0.2) is 72.8 Å². The minimum Gasteiger partial charge on any atom is -0.348 e. The molecule has 4 rings (SSSR count). The van der Waals surface area contributed by atoms with Crippen molar-refractivity contribution in [1.82, 2.24) is 14.7 Å². The van der Waals surface area contributed by atoms with Crippen LogP contribution in [0.3, 0.4) is 0 Å². The third-order valence-electron chi connectivity index (χ3n) is 5.07. The van der Waals surface area contributed by atoms with Crippen LogP contribution in [0.2, 0.25) is 5.02 Å². The summed E-state index contributed by atoms with van der Waals surface area (Å²) in [5, 5.41) is 0.143. The zero-order valence-corrected chi connectivity index (χ0v) is 15.3. The highest BCUT2D eigenvalue weighted by molar-refractivity contribution is 6.33. The van der Waals surface area contributed by atoms with E-state index in [-0.39, 0.29) is 22.9 Å². The zero-order chi connectivity index (χ0) is 18.1. The van der Waals surface area contributed by atoms with Crippen molar-refractivity contribution >= 4 is 23.4 Å². The van der Waals surface area contributed by atoms with Crippen molar-refractivity contribution in [3.05, 3.63) is 34.6 Å². The Balaban J connectivity index is 1.76. The van der Waals surface area contributed by atoms with Crippen LogP contribution in [0.4, 0.5) is 4.39 Å². The standard InChI is InChI=1S/C18H23ClFN3O2/c1-21(2)17(24)11-22-8-12-3-5-14(10-22)23(9-12)18(25)15-6-4-13(20)7-16(15)19/h4,6-7,12,14H,3,5,8-11H2,1-2H3/t12-,14+/m0/s1. The number of benzene rings is 1. The first-order chi connectivity index (χ1) is 11.8. The van der Waals surface area contributed by atoms with Crippen LogP contribution in [0.15, 0.2) is 18.2 Å². The first-order valence-corrected chi connectivity index (χ1v) is 8.91. The van der Waals surface area contributed by atoms with Crippen molar-refractivity contribution in [3.63, 3.8) is 0 Å². The van der Waals surface area contributed by atoms with E-state index in [9.17, 15) is 14.0 Å². The number of fused-ring (bicyclic) bond motifs is 4. The summed E-state index contributed by atoms with van der Waals surface area (Å²) in [6.45, 7) is 2.53. The number of halogens is 2. The van der Waals surface area contributed by atoms with E-state index in [2.05, 4.69) is 4.90 Å². The van der Waals surface area contributed by atoms with Gasteiger partial charge in [-0.15, -0.1) is 0 Å². The predicted molar refractivity (Wildman–Crippen MR) is 94.1 cm³/mol. The van der Waals surface area contributed by atoms with Crippen LogP contribution in [0.5, 0.6) is 0 Å². The molecule has 3 aliphatic rings. The van der Waals surface area contributed by atoms with Crippen molar-refractivity contribution in [2.24, 2.45) is 5.92 Å². The molecule has 3 fully saturated rings. The van der Waals surface area contributed by atoms with Gasteiger partial charge in [0.25, 0.3) is 5.91 Å². The maximum Gasteiger partial charge on any atom is 0.255 e. The highest BCUT2D eigenvalue weighted by Gasteiger charge is 2.38. The van der Waals surface area contributed by atoms with Crippen LogP contribution in [0.25, 0.3) is 0 Å². The van der Waals surface area contributed by atoms with E-state index in [0.29, 0.717) is 31.1 Å². The summed E-state index contributed by atoms with van der Waals surface area (Å²) in [7, 11) is 3.50. The van der Waals surface area contributed by atoms with E-state index in [4.69, 9.17) is 11.6 Å². The lowest BCUT2D eigenvalue weighted by Crippen LogP contribution is -2.48. The van der Waals surface area contributed by atoms with Crippen LogP contribution in [0, 0.1) is 11.7 Å². The molecule has 5 nitrogen and oxygen atoms in total. The average Bonchev–Trinajstić information content (AvgIpc) is 2.84. The second-order valence-electron chi connectivity index (χ2n) is 7.16. The van der Waals surface area contributed by atoms with Gasteiger partial charge in [0.05, 0.1) is 17.1 Å². The quantitative estimate of drug-likeness (QED) is 0.821. The van der Waals surface area contributed by atoms with Crippen molar-refractivity contribution < 1.29 is 14.0 Å². The van der Waals surface area contributed by atoms with E-state index in [1.807, 2.05) is 4.90 Å². The topological polar surface area (TPSA) is 43.9 Å². The fraction of sp³-hybridized carbons (Fsp3) is 0.556. The molecule has 0 saturated carbocycles. The molecule has 0 aromatic heterocycles. The smallest absolute Gasteiger partial charge is 0.255 e. The Kier molecular flexibility index (Phi) is 5.29. The van der Waals surface area contributed by atoms with Gasteiger partial charge < -0.3 is 9.80 Å². The first kappa shape index (κ1) is 18.1. The van der Waals surface area contributed by atoms with E-state index in [1.165, 1.54) is 18.2 Å². The summed E-state index contributed by atoms with van der Waals surface area (Å²) in [5.41, 5.74) is 0.339. The van der Waals surface area contributed by atoms with Gasteiger partial charge in [-0.05, 0) is 37.0 Å². The molecule has 2 amide bonds. The van der Waals surface area contributed by atoms with Crippen LogP contribution in [-0.2, 0) is 4.79 Å². The van der Waals surface area contributed by atoms with Gasteiger partial charge in [-0.1, -0.05) is 11.6 Å². The predicted octanol–water partition coefficient (Wildman–Crippen LogP) is 2.10. The molecule has 3 heterocycles. The maximum atomic E-state index is 13.3. The molecule has 0 radical (unpaired) electrons. The van der Waals surface area contributed by atoms with Crippen LogP contribution in [0.1, 0.15) is 23.2 Å². The molecular weight excluding hydrogens is 345 g/mol. The summed E-state index contributed by atoms with van der Waals surface area (Å²) >= 11 is 6.07. The van der Waals surface area contributed by atoms with E-state index in [0.717, 1.165) is 19.4 Å². The summed E-state index contributed by atoms with van der Waals surface area (Å²) in [4.78, 5) is 30.5. The Hall–Kier alpha value is -1.66. The molecule has 3 saturated heterocycles. The Labute approximate surface area is 152 Å². The summed E-state index contributed by atoms with van der Waals surface area (Å²) in [6.07, 6.45) is 1.97. The zero-order valence-electron chi connectivity index (χ0n) is 14.5. The Morgan fingerprint density at radius 3 is 2.68 bits per heavy atom. The second kappa shape index (κ2) is 7.30. The normalized spacial score (nSPS) is 23.4. The van der Waals surface area contributed by atoms with E-state index in [1.54, 1.807) is 19.0 Å². The van der Waals surface area contributed by atoms with Gasteiger partial charge in [-0.2, -0.15) is 0 Å². The minimum atomic E-state index is -0.452. The number of amides is 2. The molecule has 2 bridgehead atoms. The maximum absolute atomic E-state index is 13.3. The van der Waals surface area contributed by atoms with Crippen LogP contribution < -0.4 is 0 Å². The number of hydrogen-bond donors (Lipinski definition) is 0. The van der Waals surface area contributed by atoms with Gasteiger partial charge >= 0.3 is 0 Å². The number of likely N-dealkylation sites (N-methyl/N-ethyl adjacent to an activating group) is 1. The monoisotopic (exact) mass is 367 g/mol. The SMILES string of the molecule is CN(C)C(=O)CN1C[C@@H]2CC[C@H](C1)N(C(=O)c1ccc(F)cc1Cl)C2. The third-order valence-corrected chi connectivity index (χ3v) is 5.38. The highest BCUT2D eigenvalue weighted by atomic mass is 35.5. The molecule has 0 spiro atoms. The summed E-state index contributed by atoms with van der Waals surface area (Å²) in [5.74, 6) is -0.189. The van der Waals surface area contributed by atoms with Gasteiger partial charge in [-0.3, -0.25) is 14.5 Å². The molecule has 2 atom stereocenters. The van der Waals surface area contributed by atoms with Crippen molar-refractivity contribution in [3.8, 4) is 0 Å². The van der Waals surface area contributed by atoms with Gasteiger partial charge in [0.1, 0.15) is 5.82 Å². The Morgan fingerprint density at radius 1 is 1.24 bits per heavy atom. The van der Waals surface area contributed by atoms with Crippen LogP contribution >= 0.6 is 11.6 Å². The first-order valence-electron chi connectivity index (χ1n) is 8.53. The number of carbonyl (C=O) groups is 2. The molecule has 0 unspecified atom stereocenters. The van der Waals surface area contributed by atoms with Gasteiger partial charge in [0, 0.05) is 39.8 Å². The summed E-state index contributed by atoms with van der Waals surface area (Å²) < 4.78 is 13.3. The molecule has 3 aliphatic heterocycles. The lowest BCUT2D eigenvalue weighted by molar-refractivity contribution is -0.129. The number of carbonyl (C=O) groups excluding carboxylic acids is 2. The number of nitrogens with zero attached hydrogens (tertiary/aromatic N) is 3. The molecule has 0 aliphatic carbocycles. The number of rotatable bonds is 3. The summed E-state index contributed by atoms with van der Waals surface area (Å²) in [6, 6.07) is 3.94. The van der Waals surface area contributed by atoms with Gasteiger partial charge in [0.2, 0.25) is 5.91 Å². The van der Waals surface area contributed by atoms with Gasteiger partial charge in [-0.25, -0.2) is 4.39 Å². The molecule has 136 valence electrons. The lowest BCUT2D eigenvalue weighted by atomic mass is 9.94. The Bertz CT molecular complexity index is 682. The molecule has 0 N–H and O–H groups in total. The Morgan fingerprint density at radius 2 is 2.00 bits per heavy atom. The lowest BCUT2D eigenvalue weighted by Gasteiger charge is -2.36. The molecule has 1 aromatic rings. The third kappa shape index (κ3) is 3.96. The molecule has 1 aromatic carbocycles. The average molecular weight is 368 g/mol. The largest absolute Gasteiger partial charge is 0.348 e. The highest BCUT2D eigenvalue weighted by Crippen LogP contribution is 2.30. The fourth-order valence-corrected chi connectivity index (χ4v) is 3.96. The number of hydrogen-bond acceptors (Lipinski definition) is 3. The van der Waals surface area contributed by atoms with Gasteiger partial charge in [0.15, 0.2) is 0 Å². The minimum absolute atomic E-state index is 0.0577. The van der Waals surface area contributed by atoms with Crippen molar-refractivity contribution in [2.75, 3.05) is 40.3 Å².